The van der Waals surface area contributed by atoms with E-state index in [0.717, 1.165) is 11.4 Å². The van der Waals surface area contributed by atoms with Crippen molar-refractivity contribution in [3.05, 3.63) is 83.9 Å². The summed E-state index contributed by atoms with van der Waals surface area (Å²) in [4.78, 5) is 13.3. The van der Waals surface area contributed by atoms with Crippen LogP contribution < -0.4 is 14.8 Å². The second-order valence-electron chi connectivity index (χ2n) is 7.38. The van der Waals surface area contributed by atoms with Crippen LogP contribution in [0.15, 0.2) is 71.3 Å². The number of aryl methyl sites for hydroxylation is 1. The normalized spacial score (nSPS) is 11.8. The zero-order valence-corrected chi connectivity index (χ0v) is 18.5. The van der Waals surface area contributed by atoms with Gasteiger partial charge in [0.25, 0.3) is 5.91 Å². The fraction of sp³-hybridized carbons (Fsp3) is 0.200. The molecule has 0 aliphatic rings. The number of aromatic nitrogens is 2. The highest BCUT2D eigenvalue weighted by atomic mass is 16.5. The first kappa shape index (κ1) is 21.2. The number of nitrogens with zero attached hydrogens (tertiary/aromatic N) is 2. The number of nitrogens with one attached hydrogen (secondary N) is 1. The molecule has 2 aromatic carbocycles. The molecule has 4 aromatic rings. The molecule has 32 heavy (non-hydrogen) atoms. The van der Waals surface area contributed by atoms with Crippen LogP contribution in [0.3, 0.4) is 0 Å². The van der Waals surface area contributed by atoms with E-state index in [-0.39, 0.29) is 11.9 Å². The molecule has 0 spiro atoms. The van der Waals surface area contributed by atoms with E-state index in [1.165, 1.54) is 0 Å². The van der Waals surface area contributed by atoms with E-state index in [1.807, 2.05) is 68.4 Å². The highest BCUT2D eigenvalue weighted by Gasteiger charge is 2.23. The smallest absolute Gasteiger partial charge is 0.255 e. The largest absolute Gasteiger partial charge is 0.497 e. The van der Waals surface area contributed by atoms with Crippen LogP contribution in [-0.2, 0) is 0 Å². The van der Waals surface area contributed by atoms with Crippen LogP contribution in [0.25, 0.3) is 16.9 Å². The Balaban J connectivity index is 1.77. The van der Waals surface area contributed by atoms with Gasteiger partial charge in [0.15, 0.2) is 0 Å². The van der Waals surface area contributed by atoms with Crippen molar-refractivity contribution in [2.24, 2.45) is 0 Å². The zero-order chi connectivity index (χ0) is 22.7. The highest BCUT2D eigenvalue weighted by molar-refractivity contribution is 6.00. The van der Waals surface area contributed by atoms with E-state index in [1.54, 1.807) is 31.2 Å². The van der Waals surface area contributed by atoms with Crippen molar-refractivity contribution >= 4 is 5.91 Å². The Bertz CT molecular complexity index is 1230. The summed E-state index contributed by atoms with van der Waals surface area (Å²) in [5.74, 6) is 2.44. The molecular formula is C25H25N3O4. The third kappa shape index (κ3) is 4.23. The lowest BCUT2D eigenvalue weighted by molar-refractivity contribution is 0.0935. The predicted molar refractivity (Wildman–Crippen MR) is 121 cm³/mol. The summed E-state index contributed by atoms with van der Waals surface area (Å²) in [6.45, 7) is 3.75. The van der Waals surface area contributed by atoms with Gasteiger partial charge in [-0.2, -0.15) is 5.10 Å². The van der Waals surface area contributed by atoms with E-state index in [2.05, 4.69) is 5.32 Å². The van der Waals surface area contributed by atoms with Gasteiger partial charge in [-0.1, -0.05) is 18.2 Å². The zero-order valence-electron chi connectivity index (χ0n) is 18.5. The molecule has 7 heteroatoms. The highest BCUT2D eigenvalue weighted by Crippen LogP contribution is 2.35. The van der Waals surface area contributed by atoms with Crippen LogP contribution in [0.2, 0.25) is 0 Å². The third-order valence-electron chi connectivity index (χ3n) is 5.18. The number of rotatable bonds is 7. The molecule has 1 amide bonds. The molecule has 0 saturated heterocycles. The Labute approximate surface area is 186 Å². The van der Waals surface area contributed by atoms with Gasteiger partial charge >= 0.3 is 0 Å². The van der Waals surface area contributed by atoms with Crippen LogP contribution in [0.5, 0.6) is 11.5 Å². The fourth-order valence-electron chi connectivity index (χ4n) is 3.48. The molecule has 2 heterocycles. The molecule has 0 fully saturated rings. The lowest BCUT2D eigenvalue weighted by atomic mass is 10.1. The predicted octanol–water partition coefficient (Wildman–Crippen LogP) is 4.95. The van der Waals surface area contributed by atoms with Gasteiger partial charge < -0.3 is 19.2 Å². The Hall–Kier alpha value is -4.00. The van der Waals surface area contributed by atoms with E-state index in [9.17, 15) is 4.79 Å². The van der Waals surface area contributed by atoms with Crippen LogP contribution in [-0.4, -0.2) is 29.9 Å². The summed E-state index contributed by atoms with van der Waals surface area (Å²) < 4.78 is 18.2. The number of ether oxygens (including phenoxy) is 2. The van der Waals surface area contributed by atoms with Gasteiger partial charge in [-0.15, -0.1) is 0 Å². The molecular weight excluding hydrogens is 406 g/mol. The summed E-state index contributed by atoms with van der Waals surface area (Å²) in [5.41, 5.74) is 2.46. The Kier molecular flexibility index (Phi) is 5.98. The minimum absolute atomic E-state index is 0.262. The van der Waals surface area contributed by atoms with Crippen molar-refractivity contribution in [1.29, 1.82) is 0 Å². The molecule has 0 bridgehead atoms. The minimum atomic E-state index is -0.304. The van der Waals surface area contributed by atoms with E-state index >= 15 is 0 Å². The first-order valence-corrected chi connectivity index (χ1v) is 10.2. The van der Waals surface area contributed by atoms with Crippen LogP contribution in [0, 0.1) is 6.92 Å². The number of carbonyl (C=O) groups excluding carboxylic acids is 1. The Morgan fingerprint density at radius 1 is 1.06 bits per heavy atom. The maximum atomic E-state index is 13.3. The first-order chi connectivity index (χ1) is 15.5. The number of furan rings is 1. The maximum absolute atomic E-state index is 13.3. The molecule has 2 aromatic heterocycles. The molecule has 1 unspecified atom stereocenters. The summed E-state index contributed by atoms with van der Waals surface area (Å²) in [5, 5.41) is 7.74. The van der Waals surface area contributed by atoms with Crippen molar-refractivity contribution in [3.8, 4) is 28.4 Å². The standard InChI is InChI=1S/C25H25N3O4/c1-16-10-13-22(32-16)17(2)26-25(29)21-15-28(18-8-6-5-7-9-18)27-24(21)20-12-11-19(30-3)14-23(20)31-4/h5-15,17H,1-4H3,(H,26,29). The summed E-state index contributed by atoms with van der Waals surface area (Å²) in [6, 6.07) is 18.5. The van der Waals surface area contributed by atoms with Gasteiger partial charge in [0.1, 0.15) is 28.7 Å². The van der Waals surface area contributed by atoms with Gasteiger partial charge in [-0.3, -0.25) is 4.79 Å². The van der Waals surface area contributed by atoms with Crippen molar-refractivity contribution in [2.45, 2.75) is 19.9 Å². The lowest BCUT2D eigenvalue weighted by Gasteiger charge is -2.13. The average Bonchev–Trinajstić information content (AvgIpc) is 3.46. The van der Waals surface area contributed by atoms with E-state index in [0.29, 0.717) is 34.1 Å². The van der Waals surface area contributed by atoms with Crippen molar-refractivity contribution in [3.63, 3.8) is 0 Å². The Morgan fingerprint density at radius 3 is 2.50 bits per heavy atom. The van der Waals surface area contributed by atoms with Crippen LogP contribution in [0.1, 0.15) is 34.8 Å². The number of amides is 1. The number of carbonyl (C=O) groups is 1. The molecule has 1 atom stereocenters. The van der Waals surface area contributed by atoms with E-state index in [4.69, 9.17) is 19.0 Å². The number of methoxy groups -OCH3 is 2. The lowest BCUT2D eigenvalue weighted by Crippen LogP contribution is -2.26. The molecule has 0 radical (unpaired) electrons. The third-order valence-corrected chi connectivity index (χ3v) is 5.18. The average molecular weight is 431 g/mol. The monoisotopic (exact) mass is 431 g/mol. The fourth-order valence-corrected chi connectivity index (χ4v) is 3.48. The molecule has 4 rings (SSSR count). The van der Waals surface area contributed by atoms with E-state index < -0.39 is 0 Å². The molecule has 0 aliphatic carbocycles. The molecule has 7 nitrogen and oxygen atoms in total. The number of para-hydroxylation sites is 1. The SMILES string of the molecule is COc1ccc(-c2nn(-c3ccccc3)cc2C(=O)NC(C)c2ccc(C)o2)c(OC)c1. The van der Waals surface area contributed by atoms with Gasteiger partial charge in [0.05, 0.1) is 31.5 Å². The summed E-state index contributed by atoms with van der Waals surface area (Å²) in [7, 11) is 3.17. The summed E-state index contributed by atoms with van der Waals surface area (Å²) in [6.07, 6.45) is 1.73. The first-order valence-electron chi connectivity index (χ1n) is 10.2. The topological polar surface area (TPSA) is 78.5 Å². The number of hydrogen-bond acceptors (Lipinski definition) is 5. The molecule has 0 aliphatic heterocycles. The van der Waals surface area contributed by atoms with Crippen molar-refractivity contribution < 1.29 is 18.7 Å². The summed E-state index contributed by atoms with van der Waals surface area (Å²) >= 11 is 0. The second kappa shape index (κ2) is 9.01. The van der Waals surface area contributed by atoms with Gasteiger partial charge in [0.2, 0.25) is 0 Å². The molecule has 164 valence electrons. The van der Waals surface area contributed by atoms with Crippen LogP contribution in [0.4, 0.5) is 0 Å². The van der Waals surface area contributed by atoms with Crippen molar-refractivity contribution in [2.75, 3.05) is 14.2 Å². The quantitative estimate of drug-likeness (QED) is 0.448. The van der Waals surface area contributed by atoms with Crippen LogP contribution >= 0.6 is 0 Å². The maximum Gasteiger partial charge on any atom is 0.255 e. The molecule has 0 saturated carbocycles. The van der Waals surface area contributed by atoms with Gasteiger partial charge in [0, 0.05) is 17.8 Å². The van der Waals surface area contributed by atoms with Gasteiger partial charge in [-0.05, 0) is 50.2 Å². The minimum Gasteiger partial charge on any atom is -0.497 e. The second-order valence-corrected chi connectivity index (χ2v) is 7.38. The molecule has 1 N–H and O–H groups in total. The number of hydrogen-bond donors (Lipinski definition) is 1. The number of benzene rings is 2. The van der Waals surface area contributed by atoms with Crippen molar-refractivity contribution in [1.82, 2.24) is 15.1 Å². The Morgan fingerprint density at radius 2 is 1.84 bits per heavy atom. The van der Waals surface area contributed by atoms with Gasteiger partial charge in [-0.25, -0.2) is 4.68 Å².